The van der Waals surface area contributed by atoms with Gasteiger partial charge in [-0.2, -0.15) is 0 Å². The molecule has 2 N–H and O–H groups in total. The van der Waals surface area contributed by atoms with E-state index in [4.69, 9.17) is 16.7 Å². The first-order valence-corrected chi connectivity index (χ1v) is 4.00. The number of halogens is 1. The predicted molar refractivity (Wildman–Crippen MR) is 47.0 cm³/mol. The number of carboxylic acid groups (broad SMARTS) is 1. The molecular weight excluding hydrogens is 194 g/mol. The van der Waals surface area contributed by atoms with E-state index in [2.05, 4.69) is 5.32 Å². The van der Waals surface area contributed by atoms with Gasteiger partial charge < -0.3 is 10.4 Å². The zero-order chi connectivity index (χ0) is 10.0. The Morgan fingerprint density at radius 3 is 2.69 bits per heavy atom. The number of aliphatic carboxylic acids is 1. The van der Waals surface area contributed by atoms with E-state index in [9.17, 15) is 9.59 Å². The Labute approximate surface area is 79.9 Å². The summed E-state index contributed by atoms with van der Waals surface area (Å²) in [6, 6.07) is 0. The molecule has 1 amide bonds. The van der Waals surface area contributed by atoms with Crippen LogP contribution in [0.2, 0.25) is 0 Å². The highest BCUT2D eigenvalue weighted by Crippen LogP contribution is 2.27. The molecule has 1 aliphatic rings. The normalized spacial score (nSPS) is 15.7. The fourth-order valence-corrected chi connectivity index (χ4v) is 1.37. The number of carboxylic acids is 1. The molecule has 13 heavy (non-hydrogen) atoms. The van der Waals surface area contributed by atoms with Crippen LogP contribution in [0.25, 0.3) is 0 Å². The lowest BCUT2D eigenvalue weighted by atomic mass is 10.2. The topological polar surface area (TPSA) is 66.4 Å². The van der Waals surface area contributed by atoms with Crippen molar-refractivity contribution in [2.24, 2.45) is 0 Å². The van der Waals surface area contributed by atoms with Crippen molar-refractivity contribution in [1.82, 2.24) is 5.32 Å². The van der Waals surface area contributed by atoms with Gasteiger partial charge in [-0.25, -0.2) is 4.79 Å². The third kappa shape index (κ3) is 2.09. The molecule has 0 heterocycles. The van der Waals surface area contributed by atoms with E-state index in [-0.39, 0.29) is 16.5 Å². The van der Waals surface area contributed by atoms with Crippen molar-refractivity contribution in [2.45, 2.75) is 13.3 Å². The van der Waals surface area contributed by atoms with Gasteiger partial charge in [0.05, 0.1) is 10.6 Å². The minimum atomic E-state index is -1.12. The highest BCUT2D eigenvalue weighted by molar-refractivity contribution is 6.35. The average molecular weight is 202 g/mol. The van der Waals surface area contributed by atoms with Crippen LogP contribution in [-0.2, 0) is 9.59 Å². The number of nitrogens with one attached hydrogen (secondary N) is 1. The summed E-state index contributed by atoms with van der Waals surface area (Å²) in [7, 11) is 0. The molecule has 0 aromatic rings. The molecule has 0 bridgehead atoms. The van der Waals surface area contributed by atoms with Crippen molar-refractivity contribution < 1.29 is 14.7 Å². The highest BCUT2D eigenvalue weighted by Gasteiger charge is 2.22. The minimum Gasteiger partial charge on any atom is -0.478 e. The summed E-state index contributed by atoms with van der Waals surface area (Å²) in [6.45, 7) is 1.32. The zero-order valence-corrected chi connectivity index (χ0v) is 7.68. The SMILES string of the molecule is CC(=O)NC1=C(C(=O)O)C(Cl)=CC1. The molecule has 0 saturated carbocycles. The lowest BCUT2D eigenvalue weighted by molar-refractivity contribution is -0.132. The molecule has 1 aliphatic carbocycles. The predicted octanol–water partition coefficient (Wildman–Crippen LogP) is 0.988. The van der Waals surface area contributed by atoms with Crippen LogP contribution in [0.1, 0.15) is 13.3 Å². The van der Waals surface area contributed by atoms with E-state index >= 15 is 0 Å². The summed E-state index contributed by atoms with van der Waals surface area (Å²) in [6.07, 6.45) is 1.91. The van der Waals surface area contributed by atoms with E-state index in [1.807, 2.05) is 0 Å². The minimum absolute atomic E-state index is 0.0168. The summed E-state index contributed by atoms with van der Waals surface area (Å²) in [5.74, 6) is -1.42. The maximum absolute atomic E-state index is 10.7. The number of allylic oxidation sites excluding steroid dienone is 1. The number of amides is 1. The molecule has 0 unspecified atom stereocenters. The first-order chi connectivity index (χ1) is 6.02. The lowest BCUT2D eigenvalue weighted by Gasteiger charge is -2.04. The summed E-state index contributed by atoms with van der Waals surface area (Å²) < 4.78 is 0. The fraction of sp³-hybridized carbons (Fsp3) is 0.250. The highest BCUT2D eigenvalue weighted by atomic mass is 35.5. The maximum atomic E-state index is 10.7. The Morgan fingerprint density at radius 1 is 1.62 bits per heavy atom. The Bertz CT molecular complexity index is 330. The van der Waals surface area contributed by atoms with E-state index in [0.29, 0.717) is 12.1 Å². The van der Waals surface area contributed by atoms with Crippen LogP contribution >= 0.6 is 11.6 Å². The lowest BCUT2D eigenvalue weighted by Crippen LogP contribution is -2.21. The average Bonchev–Trinajstić information content (AvgIpc) is 2.30. The number of carbonyl (C=O) groups is 2. The molecule has 0 aliphatic heterocycles. The molecule has 1 rings (SSSR count). The van der Waals surface area contributed by atoms with Gasteiger partial charge in [0, 0.05) is 19.0 Å². The number of hydrogen-bond donors (Lipinski definition) is 2. The van der Waals surface area contributed by atoms with Crippen LogP contribution in [-0.4, -0.2) is 17.0 Å². The van der Waals surface area contributed by atoms with Gasteiger partial charge in [-0.15, -0.1) is 0 Å². The summed E-state index contributed by atoms with van der Waals surface area (Å²) in [5, 5.41) is 11.3. The summed E-state index contributed by atoms with van der Waals surface area (Å²) in [5.41, 5.74) is 0.335. The van der Waals surface area contributed by atoms with Gasteiger partial charge in [0.25, 0.3) is 0 Å². The van der Waals surface area contributed by atoms with Gasteiger partial charge >= 0.3 is 5.97 Å². The van der Waals surface area contributed by atoms with Crippen molar-refractivity contribution in [2.75, 3.05) is 0 Å². The number of hydrogen-bond acceptors (Lipinski definition) is 2. The van der Waals surface area contributed by atoms with Crippen LogP contribution in [0.3, 0.4) is 0 Å². The van der Waals surface area contributed by atoms with E-state index in [1.54, 1.807) is 6.08 Å². The summed E-state index contributed by atoms with van der Waals surface area (Å²) in [4.78, 5) is 21.3. The van der Waals surface area contributed by atoms with E-state index < -0.39 is 5.97 Å². The van der Waals surface area contributed by atoms with Crippen LogP contribution in [0.4, 0.5) is 0 Å². The monoisotopic (exact) mass is 201 g/mol. The first kappa shape index (κ1) is 9.80. The second-order valence-corrected chi connectivity index (χ2v) is 3.00. The molecule has 4 nitrogen and oxygen atoms in total. The van der Waals surface area contributed by atoms with Gasteiger partial charge in [-0.1, -0.05) is 17.7 Å². The largest absolute Gasteiger partial charge is 0.478 e. The molecule has 0 aromatic carbocycles. The van der Waals surface area contributed by atoms with Crippen molar-refractivity contribution in [3.63, 3.8) is 0 Å². The molecule has 0 aromatic heterocycles. The van der Waals surface area contributed by atoms with Gasteiger partial charge in [-0.3, -0.25) is 4.79 Å². The Hall–Kier alpha value is -1.29. The molecule has 0 spiro atoms. The van der Waals surface area contributed by atoms with Gasteiger partial charge in [0.1, 0.15) is 0 Å². The number of carbonyl (C=O) groups excluding carboxylic acids is 1. The molecule has 0 radical (unpaired) electrons. The Morgan fingerprint density at radius 2 is 2.23 bits per heavy atom. The van der Waals surface area contributed by atoms with Gasteiger partial charge in [-0.05, 0) is 0 Å². The molecule has 0 atom stereocenters. The molecule has 5 heteroatoms. The van der Waals surface area contributed by atoms with Crippen LogP contribution in [0, 0.1) is 0 Å². The summed E-state index contributed by atoms with van der Waals surface area (Å²) >= 11 is 5.62. The van der Waals surface area contributed by atoms with Crippen molar-refractivity contribution in [3.05, 3.63) is 22.4 Å². The van der Waals surface area contributed by atoms with E-state index in [0.717, 1.165) is 0 Å². The third-order valence-electron chi connectivity index (χ3n) is 1.57. The molecule has 70 valence electrons. The second kappa shape index (κ2) is 3.62. The van der Waals surface area contributed by atoms with Gasteiger partial charge in [0.15, 0.2) is 0 Å². The van der Waals surface area contributed by atoms with Crippen molar-refractivity contribution >= 4 is 23.5 Å². The third-order valence-corrected chi connectivity index (χ3v) is 1.91. The van der Waals surface area contributed by atoms with Crippen LogP contribution in [0.15, 0.2) is 22.4 Å². The van der Waals surface area contributed by atoms with Crippen LogP contribution in [0.5, 0.6) is 0 Å². The smallest absolute Gasteiger partial charge is 0.339 e. The second-order valence-electron chi connectivity index (χ2n) is 2.60. The van der Waals surface area contributed by atoms with Crippen molar-refractivity contribution in [1.29, 1.82) is 0 Å². The standard InChI is InChI=1S/C8H8ClNO3/c1-4(11)10-6-3-2-5(9)7(6)8(12)13/h2H,3H2,1H3,(H,10,11)(H,12,13). The molecule has 0 saturated heterocycles. The maximum Gasteiger partial charge on any atom is 0.339 e. The zero-order valence-electron chi connectivity index (χ0n) is 6.93. The molecule has 0 fully saturated rings. The Balaban J connectivity index is 2.95. The number of rotatable bonds is 2. The van der Waals surface area contributed by atoms with Crippen LogP contribution < -0.4 is 5.32 Å². The van der Waals surface area contributed by atoms with Gasteiger partial charge in [0.2, 0.25) is 5.91 Å². The quantitative estimate of drug-likeness (QED) is 0.700. The first-order valence-electron chi connectivity index (χ1n) is 3.62. The fourth-order valence-electron chi connectivity index (χ4n) is 1.10. The van der Waals surface area contributed by atoms with E-state index in [1.165, 1.54) is 6.92 Å². The molecular formula is C8H8ClNO3. The Kier molecular flexibility index (Phi) is 2.72. The van der Waals surface area contributed by atoms with Crippen molar-refractivity contribution in [3.8, 4) is 0 Å².